The number of imidazole rings is 1. The number of carbonyl (C=O) groups excluding carboxylic acids is 1. The second-order valence-electron chi connectivity index (χ2n) is 7.27. The molecule has 6 nitrogen and oxygen atoms in total. The van der Waals surface area contributed by atoms with Gasteiger partial charge in [0.15, 0.2) is 0 Å². The number of hydrogen-bond acceptors (Lipinski definition) is 3. The number of amides is 1. The standard InChI is InChI=1S/C22H21N5O/c1-15-19(12-23-27(15)17-8-4-3-5-9-17)22(28)25-13-18(14-25)26-16(2)24-20-10-6-7-11-21(20)26/h3-12,18H,13-14H2,1-2H3. The third-order valence-electron chi connectivity index (χ3n) is 5.53. The van der Waals surface area contributed by atoms with Gasteiger partial charge in [0.25, 0.3) is 5.91 Å². The van der Waals surface area contributed by atoms with E-state index in [1.807, 2.05) is 72.0 Å². The van der Waals surface area contributed by atoms with Crippen molar-refractivity contribution in [2.24, 2.45) is 0 Å². The Labute approximate surface area is 163 Å². The summed E-state index contributed by atoms with van der Waals surface area (Å²) in [4.78, 5) is 19.5. The fraction of sp³-hybridized carbons (Fsp3) is 0.227. The smallest absolute Gasteiger partial charge is 0.257 e. The molecule has 140 valence electrons. The largest absolute Gasteiger partial charge is 0.334 e. The monoisotopic (exact) mass is 371 g/mol. The molecule has 2 aromatic carbocycles. The van der Waals surface area contributed by atoms with Crippen molar-refractivity contribution < 1.29 is 4.79 Å². The van der Waals surface area contributed by atoms with E-state index in [0.717, 1.165) is 28.2 Å². The van der Waals surface area contributed by atoms with E-state index in [1.165, 1.54) is 0 Å². The van der Waals surface area contributed by atoms with Crippen LogP contribution in [-0.2, 0) is 0 Å². The maximum atomic E-state index is 13.0. The van der Waals surface area contributed by atoms with Gasteiger partial charge in [0.1, 0.15) is 5.82 Å². The molecule has 3 heterocycles. The Morgan fingerprint density at radius 1 is 1.00 bits per heavy atom. The van der Waals surface area contributed by atoms with Crippen molar-refractivity contribution in [2.75, 3.05) is 13.1 Å². The van der Waals surface area contributed by atoms with Crippen molar-refractivity contribution in [3.05, 3.63) is 77.9 Å². The average Bonchev–Trinajstić information content (AvgIpc) is 3.21. The fourth-order valence-electron chi connectivity index (χ4n) is 4.03. The quantitative estimate of drug-likeness (QED) is 0.554. The van der Waals surface area contributed by atoms with Gasteiger partial charge in [-0.2, -0.15) is 5.10 Å². The number of hydrogen-bond donors (Lipinski definition) is 0. The van der Waals surface area contributed by atoms with Gasteiger partial charge < -0.3 is 9.47 Å². The van der Waals surface area contributed by atoms with Gasteiger partial charge in [0.05, 0.1) is 40.2 Å². The third kappa shape index (κ3) is 2.52. The number of para-hydroxylation sites is 3. The van der Waals surface area contributed by atoms with Crippen LogP contribution in [0.5, 0.6) is 0 Å². The Morgan fingerprint density at radius 3 is 2.50 bits per heavy atom. The minimum absolute atomic E-state index is 0.0398. The maximum Gasteiger partial charge on any atom is 0.257 e. The maximum absolute atomic E-state index is 13.0. The van der Waals surface area contributed by atoms with Gasteiger partial charge in [-0.25, -0.2) is 9.67 Å². The molecular weight excluding hydrogens is 350 g/mol. The summed E-state index contributed by atoms with van der Waals surface area (Å²) in [5.74, 6) is 1.03. The van der Waals surface area contributed by atoms with Crippen molar-refractivity contribution in [1.82, 2.24) is 24.2 Å². The Balaban J connectivity index is 1.36. The topological polar surface area (TPSA) is 56.0 Å². The number of nitrogens with zero attached hydrogens (tertiary/aromatic N) is 5. The van der Waals surface area contributed by atoms with Crippen LogP contribution in [0.15, 0.2) is 60.8 Å². The van der Waals surface area contributed by atoms with Gasteiger partial charge in [-0.15, -0.1) is 0 Å². The molecule has 28 heavy (non-hydrogen) atoms. The van der Waals surface area contributed by atoms with E-state index >= 15 is 0 Å². The summed E-state index contributed by atoms with van der Waals surface area (Å²) in [6.07, 6.45) is 1.68. The lowest BCUT2D eigenvalue weighted by molar-refractivity contribution is 0.0522. The number of carbonyl (C=O) groups is 1. The van der Waals surface area contributed by atoms with E-state index in [0.29, 0.717) is 18.7 Å². The summed E-state index contributed by atoms with van der Waals surface area (Å²) in [6.45, 7) is 5.35. The highest BCUT2D eigenvalue weighted by molar-refractivity contribution is 5.95. The van der Waals surface area contributed by atoms with Crippen LogP contribution in [0.3, 0.4) is 0 Å². The lowest BCUT2D eigenvalue weighted by atomic mass is 10.1. The summed E-state index contributed by atoms with van der Waals surface area (Å²) < 4.78 is 4.07. The molecule has 0 aliphatic carbocycles. The van der Waals surface area contributed by atoms with E-state index in [1.54, 1.807) is 6.20 Å². The number of aryl methyl sites for hydroxylation is 1. The van der Waals surface area contributed by atoms with Crippen LogP contribution in [-0.4, -0.2) is 43.2 Å². The zero-order chi connectivity index (χ0) is 19.3. The molecule has 0 unspecified atom stereocenters. The molecule has 1 saturated heterocycles. The van der Waals surface area contributed by atoms with Gasteiger partial charge in [-0.05, 0) is 38.1 Å². The molecule has 0 saturated carbocycles. The van der Waals surface area contributed by atoms with Crippen LogP contribution in [0.2, 0.25) is 0 Å². The van der Waals surface area contributed by atoms with Crippen molar-refractivity contribution in [3.63, 3.8) is 0 Å². The number of likely N-dealkylation sites (tertiary alicyclic amines) is 1. The summed E-state index contributed by atoms with van der Waals surface area (Å²) in [7, 11) is 0. The molecule has 0 atom stereocenters. The molecule has 0 bridgehead atoms. The molecule has 1 amide bonds. The van der Waals surface area contributed by atoms with E-state index in [9.17, 15) is 4.79 Å². The van der Waals surface area contributed by atoms with Gasteiger partial charge >= 0.3 is 0 Å². The molecule has 0 spiro atoms. The van der Waals surface area contributed by atoms with Crippen LogP contribution < -0.4 is 0 Å². The average molecular weight is 371 g/mol. The SMILES string of the molecule is Cc1c(C(=O)N2CC(n3c(C)nc4ccccc43)C2)cnn1-c1ccccc1. The molecule has 0 N–H and O–H groups in total. The number of rotatable bonds is 3. The van der Waals surface area contributed by atoms with Gasteiger partial charge in [0.2, 0.25) is 0 Å². The summed E-state index contributed by atoms with van der Waals surface area (Å²) >= 11 is 0. The highest BCUT2D eigenvalue weighted by atomic mass is 16.2. The molecular formula is C22H21N5O. The summed E-state index contributed by atoms with van der Waals surface area (Å²) in [6, 6.07) is 18.3. The van der Waals surface area contributed by atoms with Crippen LogP contribution in [0.1, 0.15) is 27.9 Å². The minimum atomic E-state index is 0.0398. The lowest BCUT2D eigenvalue weighted by Crippen LogP contribution is -2.51. The Morgan fingerprint density at radius 2 is 1.71 bits per heavy atom. The first-order valence-corrected chi connectivity index (χ1v) is 9.46. The zero-order valence-electron chi connectivity index (χ0n) is 15.9. The first kappa shape index (κ1) is 16.7. The van der Waals surface area contributed by atoms with Crippen LogP contribution in [0.4, 0.5) is 0 Å². The highest BCUT2D eigenvalue weighted by Gasteiger charge is 2.35. The van der Waals surface area contributed by atoms with Gasteiger partial charge in [-0.1, -0.05) is 30.3 Å². The van der Waals surface area contributed by atoms with Crippen LogP contribution in [0.25, 0.3) is 16.7 Å². The van der Waals surface area contributed by atoms with E-state index in [-0.39, 0.29) is 11.9 Å². The second kappa shape index (κ2) is 6.34. The number of aromatic nitrogens is 4. The molecule has 6 heteroatoms. The van der Waals surface area contributed by atoms with Crippen molar-refractivity contribution >= 4 is 16.9 Å². The third-order valence-corrected chi connectivity index (χ3v) is 5.53. The molecule has 1 fully saturated rings. The Kier molecular flexibility index (Phi) is 3.79. The van der Waals surface area contributed by atoms with Crippen LogP contribution in [0, 0.1) is 13.8 Å². The Hall–Kier alpha value is -3.41. The predicted octanol–water partition coefficient (Wildman–Crippen LogP) is 3.54. The van der Waals surface area contributed by atoms with Crippen LogP contribution >= 0.6 is 0 Å². The predicted molar refractivity (Wildman–Crippen MR) is 108 cm³/mol. The van der Waals surface area contributed by atoms with E-state index in [4.69, 9.17) is 0 Å². The zero-order valence-corrected chi connectivity index (χ0v) is 15.9. The van der Waals surface area contributed by atoms with E-state index < -0.39 is 0 Å². The first-order chi connectivity index (χ1) is 13.6. The number of benzene rings is 2. The lowest BCUT2D eigenvalue weighted by Gasteiger charge is -2.40. The molecule has 1 aliphatic heterocycles. The number of fused-ring (bicyclic) bond motifs is 1. The minimum Gasteiger partial charge on any atom is -0.334 e. The van der Waals surface area contributed by atoms with Gasteiger partial charge in [-0.3, -0.25) is 4.79 Å². The highest BCUT2D eigenvalue weighted by Crippen LogP contribution is 2.29. The summed E-state index contributed by atoms with van der Waals surface area (Å²) in [5.41, 5.74) is 4.62. The van der Waals surface area contributed by atoms with Crippen molar-refractivity contribution in [2.45, 2.75) is 19.9 Å². The van der Waals surface area contributed by atoms with Crippen molar-refractivity contribution in [1.29, 1.82) is 0 Å². The Bertz CT molecular complexity index is 1170. The van der Waals surface area contributed by atoms with Crippen molar-refractivity contribution in [3.8, 4) is 5.69 Å². The summed E-state index contributed by atoms with van der Waals surface area (Å²) in [5, 5.41) is 4.43. The fourth-order valence-corrected chi connectivity index (χ4v) is 4.03. The molecule has 1 aliphatic rings. The first-order valence-electron chi connectivity index (χ1n) is 9.46. The second-order valence-corrected chi connectivity index (χ2v) is 7.27. The molecule has 2 aromatic heterocycles. The normalized spacial score (nSPS) is 14.4. The van der Waals surface area contributed by atoms with Gasteiger partial charge in [0, 0.05) is 13.1 Å². The molecule has 0 radical (unpaired) electrons. The molecule has 4 aromatic rings. The van der Waals surface area contributed by atoms with E-state index in [2.05, 4.69) is 20.7 Å². The molecule has 5 rings (SSSR count).